The molecule has 18 heavy (non-hydrogen) atoms. The van der Waals surface area contributed by atoms with Gasteiger partial charge >= 0.3 is 0 Å². The summed E-state index contributed by atoms with van der Waals surface area (Å²) in [6.07, 6.45) is 2.27. The maximum Gasteiger partial charge on any atom is 0.162 e. The summed E-state index contributed by atoms with van der Waals surface area (Å²) in [5, 5.41) is 14.5. The predicted octanol–water partition coefficient (Wildman–Crippen LogP) is 0.250. The molecule has 102 valence electrons. The van der Waals surface area contributed by atoms with E-state index in [2.05, 4.69) is 5.10 Å². The van der Waals surface area contributed by atoms with Crippen molar-refractivity contribution in [3.05, 3.63) is 11.9 Å². The molecule has 1 aromatic rings. The second-order valence-corrected chi connectivity index (χ2v) is 4.73. The smallest absolute Gasteiger partial charge is 0.162 e. The van der Waals surface area contributed by atoms with Crippen LogP contribution in [0.2, 0.25) is 0 Å². The summed E-state index contributed by atoms with van der Waals surface area (Å²) in [4.78, 5) is 12.7. The summed E-state index contributed by atoms with van der Waals surface area (Å²) in [6, 6.07) is 0. The fraction of sp³-hybridized carbons (Fsp3) is 0.667. The second-order valence-electron chi connectivity index (χ2n) is 4.73. The molecule has 0 bridgehead atoms. The maximum absolute atomic E-state index is 10.7. The monoisotopic (exact) mass is 255 g/mol. The Bertz CT molecular complexity index is 399. The molecule has 1 unspecified atom stereocenters. The van der Waals surface area contributed by atoms with Gasteiger partial charge in [0.25, 0.3) is 0 Å². The van der Waals surface area contributed by atoms with E-state index in [4.69, 9.17) is 4.74 Å². The van der Waals surface area contributed by atoms with Gasteiger partial charge in [-0.3, -0.25) is 4.68 Å². The first kappa shape index (κ1) is 14.7. The van der Waals surface area contributed by atoms with E-state index in [1.807, 2.05) is 19.0 Å². The normalized spacial score (nSPS) is 14.6. The molecule has 6 nitrogen and oxygen atoms in total. The molecule has 0 saturated heterocycles. The number of methoxy groups -OCH3 is 1. The van der Waals surface area contributed by atoms with Gasteiger partial charge in [-0.1, -0.05) is 0 Å². The van der Waals surface area contributed by atoms with Gasteiger partial charge in [-0.15, -0.1) is 0 Å². The zero-order valence-corrected chi connectivity index (χ0v) is 11.4. The van der Waals surface area contributed by atoms with E-state index in [1.165, 1.54) is 7.11 Å². The fourth-order valence-corrected chi connectivity index (χ4v) is 1.78. The topological polar surface area (TPSA) is 67.6 Å². The van der Waals surface area contributed by atoms with Gasteiger partial charge < -0.3 is 19.5 Å². The third-order valence-corrected chi connectivity index (χ3v) is 2.78. The Morgan fingerprint density at radius 1 is 1.61 bits per heavy atom. The molecule has 0 aliphatic rings. The first-order valence-electron chi connectivity index (χ1n) is 5.83. The first-order valence-corrected chi connectivity index (χ1v) is 5.83. The van der Waals surface area contributed by atoms with Crippen LogP contribution in [0.1, 0.15) is 19.0 Å². The minimum Gasteiger partial charge on any atom is -0.493 e. The van der Waals surface area contributed by atoms with E-state index >= 15 is 0 Å². The van der Waals surface area contributed by atoms with Crippen LogP contribution in [-0.2, 0) is 16.9 Å². The first-order chi connectivity index (χ1) is 8.42. The average Bonchev–Trinajstić information content (AvgIpc) is 2.69. The second kappa shape index (κ2) is 5.97. The molecular formula is C12H21N3O3. The van der Waals surface area contributed by atoms with Crippen molar-refractivity contribution in [2.24, 2.45) is 0 Å². The summed E-state index contributed by atoms with van der Waals surface area (Å²) in [7, 11) is 5.45. The number of hydrogen-bond donors (Lipinski definition) is 1. The van der Waals surface area contributed by atoms with Crippen LogP contribution in [0.15, 0.2) is 6.20 Å². The largest absolute Gasteiger partial charge is 0.493 e. The summed E-state index contributed by atoms with van der Waals surface area (Å²) in [5.74, 6) is 0.501. The van der Waals surface area contributed by atoms with Crippen LogP contribution < -0.4 is 4.74 Å². The van der Waals surface area contributed by atoms with Crippen LogP contribution in [0.5, 0.6) is 5.75 Å². The Hall–Kier alpha value is -1.40. The number of carbonyl (C=O) groups is 1. The van der Waals surface area contributed by atoms with E-state index in [0.717, 1.165) is 6.54 Å². The van der Waals surface area contributed by atoms with Crippen LogP contribution in [0, 0.1) is 0 Å². The van der Waals surface area contributed by atoms with E-state index in [9.17, 15) is 9.90 Å². The number of aromatic nitrogens is 2. The highest BCUT2D eigenvalue weighted by Crippen LogP contribution is 2.31. The summed E-state index contributed by atoms with van der Waals surface area (Å²) >= 11 is 0. The van der Waals surface area contributed by atoms with Gasteiger partial charge in [0.2, 0.25) is 0 Å². The summed E-state index contributed by atoms with van der Waals surface area (Å²) < 4.78 is 6.88. The SMILES string of the molecule is COc1cnn(CCN(C)C)c1C(C)(O)CC=O. The van der Waals surface area contributed by atoms with Crippen LogP contribution >= 0.6 is 0 Å². The van der Waals surface area contributed by atoms with Crippen LogP contribution in [0.4, 0.5) is 0 Å². The Morgan fingerprint density at radius 3 is 2.78 bits per heavy atom. The van der Waals surface area contributed by atoms with Crippen molar-refractivity contribution in [2.75, 3.05) is 27.7 Å². The van der Waals surface area contributed by atoms with Gasteiger partial charge in [-0.2, -0.15) is 5.10 Å². The number of likely N-dealkylation sites (N-methyl/N-ethyl adjacent to an activating group) is 1. The number of aldehydes is 1. The number of ether oxygens (including phenoxy) is 1. The van der Waals surface area contributed by atoms with E-state index in [1.54, 1.807) is 17.8 Å². The van der Waals surface area contributed by atoms with E-state index in [0.29, 0.717) is 24.3 Å². The van der Waals surface area contributed by atoms with Gasteiger partial charge in [0.05, 0.1) is 19.9 Å². The zero-order valence-electron chi connectivity index (χ0n) is 11.4. The predicted molar refractivity (Wildman–Crippen MR) is 67.6 cm³/mol. The molecule has 0 saturated carbocycles. The molecule has 0 aliphatic carbocycles. The van der Waals surface area contributed by atoms with Gasteiger partial charge in [0.1, 0.15) is 17.6 Å². The minimum atomic E-state index is -1.27. The number of nitrogens with zero attached hydrogens (tertiary/aromatic N) is 3. The standard InChI is InChI=1S/C12H21N3O3/c1-12(17,5-8-16)11-10(18-4)9-13-15(11)7-6-14(2)3/h8-9,17H,5-7H2,1-4H3. The quantitative estimate of drug-likeness (QED) is 0.707. The fourth-order valence-electron chi connectivity index (χ4n) is 1.78. The van der Waals surface area contributed by atoms with Crippen molar-refractivity contribution < 1.29 is 14.6 Å². The van der Waals surface area contributed by atoms with Crippen LogP contribution in [0.25, 0.3) is 0 Å². The van der Waals surface area contributed by atoms with Crippen LogP contribution in [0.3, 0.4) is 0 Å². The highest BCUT2D eigenvalue weighted by molar-refractivity contribution is 5.53. The van der Waals surface area contributed by atoms with Crippen molar-refractivity contribution in [1.29, 1.82) is 0 Å². The van der Waals surface area contributed by atoms with Gasteiger partial charge in [-0.25, -0.2) is 0 Å². The Labute approximate surface area is 107 Å². The lowest BCUT2D eigenvalue weighted by Gasteiger charge is -2.23. The Kier molecular flexibility index (Phi) is 4.86. The van der Waals surface area contributed by atoms with Gasteiger partial charge in [0, 0.05) is 13.0 Å². The third-order valence-electron chi connectivity index (χ3n) is 2.78. The van der Waals surface area contributed by atoms with E-state index in [-0.39, 0.29) is 6.42 Å². The molecule has 0 fully saturated rings. The van der Waals surface area contributed by atoms with Crippen molar-refractivity contribution in [1.82, 2.24) is 14.7 Å². The molecule has 1 N–H and O–H groups in total. The van der Waals surface area contributed by atoms with E-state index < -0.39 is 5.60 Å². The van der Waals surface area contributed by atoms with Gasteiger partial charge in [-0.05, 0) is 21.0 Å². The average molecular weight is 255 g/mol. The molecule has 0 aliphatic heterocycles. The highest BCUT2D eigenvalue weighted by Gasteiger charge is 2.31. The third kappa shape index (κ3) is 3.30. The van der Waals surface area contributed by atoms with Crippen molar-refractivity contribution in [2.45, 2.75) is 25.5 Å². The molecule has 0 spiro atoms. The number of hydrogen-bond acceptors (Lipinski definition) is 5. The number of rotatable bonds is 7. The van der Waals surface area contributed by atoms with Crippen molar-refractivity contribution in [3.8, 4) is 5.75 Å². The molecule has 1 atom stereocenters. The number of aliphatic hydroxyl groups is 1. The lowest BCUT2D eigenvalue weighted by Crippen LogP contribution is -2.29. The molecule has 1 rings (SSSR count). The maximum atomic E-state index is 10.7. The molecule has 0 radical (unpaired) electrons. The van der Waals surface area contributed by atoms with Crippen molar-refractivity contribution >= 4 is 6.29 Å². The molecular weight excluding hydrogens is 234 g/mol. The van der Waals surface area contributed by atoms with Crippen molar-refractivity contribution in [3.63, 3.8) is 0 Å². The summed E-state index contributed by atoms with van der Waals surface area (Å²) in [5.41, 5.74) is -0.727. The molecule has 1 heterocycles. The molecule has 0 amide bonds. The minimum absolute atomic E-state index is 0.0109. The lowest BCUT2D eigenvalue weighted by molar-refractivity contribution is -0.112. The zero-order chi connectivity index (χ0) is 13.8. The molecule has 0 aromatic carbocycles. The highest BCUT2D eigenvalue weighted by atomic mass is 16.5. The van der Waals surface area contributed by atoms with Crippen LogP contribution in [-0.4, -0.2) is 53.8 Å². The summed E-state index contributed by atoms with van der Waals surface area (Å²) in [6.45, 7) is 3.00. The Balaban J connectivity index is 3.05. The molecule has 1 aromatic heterocycles. The molecule has 6 heteroatoms. The van der Waals surface area contributed by atoms with Gasteiger partial charge in [0.15, 0.2) is 5.75 Å². The number of carbonyl (C=O) groups excluding carboxylic acids is 1. The Morgan fingerprint density at radius 2 is 2.28 bits per heavy atom. The lowest BCUT2D eigenvalue weighted by atomic mass is 9.98.